The van der Waals surface area contributed by atoms with Gasteiger partial charge in [-0.1, -0.05) is 6.07 Å². The van der Waals surface area contributed by atoms with Crippen LogP contribution < -0.4 is 5.32 Å². The second kappa shape index (κ2) is 5.76. The Labute approximate surface area is 94.8 Å². The number of carbonyl (C=O) groups excluding carboxylic acids is 1. The standard InChI is InChI=1S/C12H14N2O2/c1-9(6-7-13)14-11-5-3-4-10(8-11)12(15)16-2/h3-5,8-9,14H,6H2,1-2H3. The van der Waals surface area contributed by atoms with Gasteiger partial charge in [-0.3, -0.25) is 0 Å². The zero-order chi connectivity index (χ0) is 12.0. The molecule has 0 amide bonds. The molecular formula is C12H14N2O2. The minimum absolute atomic E-state index is 0.0536. The van der Waals surface area contributed by atoms with E-state index in [1.807, 2.05) is 13.0 Å². The van der Waals surface area contributed by atoms with E-state index in [1.54, 1.807) is 18.2 Å². The summed E-state index contributed by atoms with van der Waals surface area (Å²) in [5.74, 6) is -0.364. The topological polar surface area (TPSA) is 62.1 Å². The summed E-state index contributed by atoms with van der Waals surface area (Å²) in [6.45, 7) is 1.91. The van der Waals surface area contributed by atoms with Crippen molar-refractivity contribution < 1.29 is 9.53 Å². The third-order valence-corrected chi connectivity index (χ3v) is 2.09. The van der Waals surface area contributed by atoms with E-state index in [1.165, 1.54) is 7.11 Å². The van der Waals surface area contributed by atoms with Gasteiger partial charge in [0.2, 0.25) is 0 Å². The van der Waals surface area contributed by atoms with E-state index in [9.17, 15) is 4.79 Å². The number of methoxy groups -OCH3 is 1. The molecule has 0 spiro atoms. The molecule has 1 rings (SSSR count). The van der Waals surface area contributed by atoms with Gasteiger partial charge in [0.05, 0.1) is 25.2 Å². The molecular weight excluding hydrogens is 204 g/mol. The average Bonchev–Trinajstić information content (AvgIpc) is 2.28. The van der Waals surface area contributed by atoms with Crippen LogP contribution in [0.15, 0.2) is 24.3 Å². The lowest BCUT2D eigenvalue weighted by molar-refractivity contribution is 0.0601. The molecule has 0 fully saturated rings. The Morgan fingerprint density at radius 3 is 3.00 bits per heavy atom. The first-order chi connectivity index (χ1) is 7.67. The maximum absolute atomic E-state index is 11.3. The Kier molecular flexibility index (Phi) is 4.34. The molecule has 0 aliphatic carbocycles. The summed E-state index contributed by atoms with van der Waals surface area (Å²) >= 11 is 0. The first kappa shape index (κ1) is 12.1. The van der Waals surface area contributed by atoms with Gasteiger partial charge in [0.15, 0.2) is 0 Å². The number of benzene rings is 1. The van der Waals surface area contributed by atoms with Crippen LogP contribution in [-0.4, -0.2) is 19.1 Å². The molecule has 0 aliphatic rings. The molecule has 4 nitrogen and oxygen atoms in total. The van der Waals surface area contributed by atoms with Gasteiger partial charge in [-0.2, -0.15) is 5.26 Å². The highest BCUT2D eigenvalue weighted by atomic mass is 16.5. The predicted molar refractivity (Wildman–Crippen MR) is 61.1 cm³/mol. The van der Waals surface area contributed by atoms with Gasteiger partial charge in [-0.25, -0.2) is 4.79 Å². The van der Waals surface area contributed by atoms with Crippen LogP contribution in [0.3, 0.4) is 0 Å². The number of carbonyl (C=O) groups is 1. The third kappa shape index (κ3) is 3.28. The Balaban J connectivity index is 2.75. The van der Waals surface area contributed by atoms with Gasteiger partial charge in [0.1, 0.15) is 0 Å². The normalized spacial score (nSPS) is 11.3. The largest absolute Gasteiger partial charge is 0.465 e. The number of hydrogen-bond donors (Lipinski definition) is 1. The molecule has 16 heavy (non-hydrogen) atoms. The molecule has 1 aromatic rings. The average molecular weight is 218 g/mol. The van der Waals surface area contributed by atoms with Crippen LogP contribution in [-0.2, 0) is 4.74 Å². The molecule has 0 bridgehead atoms. The minimum Gasteiger partial charge on any atom is -0.465 e. The molecule has 1 N–H and O–H groups in total. The number of anilines is 1. The van der Waals surface area contributed by atoms with E-state index < -0.39 is 0 Å². The summed E-state index contributed by atoms with van der Waals surface area (Å²) in [6, 6.07) is 9.15. The van der Waals surface area contributed by atoms with Crippen LogP contribution in [0.4, 0.5) is 5.69 Å². The highest BCUT2D eigenvalue weighted by Crippen LogP contribution is 2.13. The number of nitrogens with one attached hydrogen (secondary N) is 1. The van der Waals surface area contributed by atoms with Crippen LogP contribution in [0.2, 0.25) is 0 Å². The maximum atomic E-state index is 11.3. The molecule has 0 saturated heterocycles. The van der Waals surface area contributed by atoms with Crippen molar-refractivity contribution in [1.29, 1.82) is 5.26 Å². The Morgan fingerprint density at radius 2 is 2.38 bits per heavy atom. The van der Waals surface area contributed by atoms with Crippen LogP contribution in [0, 0.1) is 11.3 Å². The van der Waals surface area contributed by atoms with Gasteiger partial charge < -0.3 is 10.1 Å². The lowest BCUT2D eigenvalue weighted by Gasteiger charge is -2.12. The predicted octanol–water partition coefficient (Wildman–Crippen LogP) is 2.19. The molecule has 0 aliphatic heterocycles. The molecule has 4 heteroatoms. The highest BCUT2D eigenvalue weighted by molar-refractivity contribution is 5.90. The molecule has 84 valence electrons. The highest BCUT2D eigenvalue weighted by Gasteiger charge is 2.06. The van der Waals surface area contributed by atoms with E-state index in [-0.39, 0.29) is 12.0 Å². The zero-order valence-electron chi connectivity index (χ0n) is 9.36. The van der Waals surface area contributed by atoms with Crippen molar-refractivity contribution in [3.05, 3.63) is 29.8 Å². The Morgan fingerprint density at radius 1 is 1.62 bits per heavy atom. The van der Waals surface area contributed by atoms with Crippen molar-refractivity contribution in [3.63, 3.8) is 0 Å². The van der Waals surface area contributed by atoms with Gasteiger partial charge >= 0.3 is 5.97 Å². The van der Waals surface area contributed by atoms with Gasteiger partial charge in [-0.05, 0) is 25.1 Å². The molecule has 1 atom stereocenters. The Hall–Kier alpha value is -2.02. The van der Waals surface area contributed by atoms with Crippen molar-refractivity contribution in [2.45, 2.75) is 19.4 Å². The number of esters is 1. The number of ether oxygens (including phenoxy) is 1. The smallest absolute Gasteiger partial charge is 0.337 e. The van der Waals surface area contributed by atoms with E-state index in [0.29, 0.717) is 12.0 Å². The van der Waals surface area contributed by atoms with Crippen molar-refractivity contribution in [2.75, 3.05) is 12.4 Å². The summed E-state index contributed by atoms with van der Waals surface area (Å²) < 4.78 is 4.62. The Bertz CT molecular complexity index is 410. The first-order valence-electron chi connectivity index (χ1n) is 4.99. The summed E-state index contributed by atoms with van der Waals surface area (Å²) in [4.78, 5) is 11.3. The number of nitriles is 1. The molecule has 1 unspecified atom stereocenters. The van der Waals surface area contributed by atoms with Crippen LogP contribution >= 0.6 is 0 Å². The second-order valence-corrected chi connectivity index (χ2v) is 3.48. The molecule has 1 aromatic carbocycles. The summed E-state index contributed by atoms with van der Waals surface area (Å²) in [5, 5.41) is 11.7. The lowest BCUT2D eigenvalue weighted by Crippen LogP contribution is -2.14. The quantitative estimate of drug-likeness (QED) is 0.787. The van der Waals surface area contributed by atoms with E-state index in [4.69, 9.17) is 5.26 Å². The lowest BCUT2D eigenvalue weighted by atomic mass is 10.2. The van der Waals surface area contributed by atoms with Gasteiger partial charge in [-0.15, -0.1) is 0 Å². The zero-order valence-corrected chi connectivity index (χ0v) is 9.36. The van der Waals surface area contributed by atoms with E-state index in [0.717, 1.165) is 5.69 Å². The third-order valence-electron chi connectivity index (χ3n) is 2.09. The number of rotatable bonds is 4. The fraction of sp³-hybridized carbons (Fsp3) is 0.333. The van der Waals surface area contributed by atoms with Crippen LogP contribution in [0.5, 0.6) is 0 Å². The SMILES string of the molecule is COC(=O)c1cccc(NC(C)CC#N)c1. The molecule has 0 radical (unpaired) electrons. The van der Waals surface area contributed by atoms with Crippen LogP contribution in [0.25, 0.3) is 0 Å². The first-order valence-corrected chi connectivity index (χ1v) is 4.99. The van der Waals surface area contributed by atoms with Crippen LogP contribution in [0.1, 0.15) is 23.7 Å². The minimum atomic E-state index is -0.364. The fourth-order valence-electron chi connectivity index (χ4n) is 1.33. The fourth-order valence-corrected chi connectivity index (χ4v) is 1.33. The second-order valence-electron chi connectivity index (χ2n) is 3.48. The van der Waals surface area contributed by atoms with Crippen molar-refractivity contribution >= 4 is 11.7 Å². The molecule has 0 heterocycles. The van der Waals surface area contributed by atoms with Crippen molar-refractivity contribution in [1.82, 2.24) is 0 Å². The van der Waals surface area contributed by atoms with Gasteiger partial charge in [0, 0.05) is 11.7 Å². The van der Waals surface area contributed by atoms with Crippen molar-refractivity contribution in [3.8, 4) is 6.07 Å². The summed E-state index contributed by atoms with van der Waals surface area (Å²) in [5.41, 5.74) is 1.31. The maximum Gasteiger partial charge on any atom is 0.337 e. The molecule has 0 aromatic heterocycles. The summed E-state index contributed by atoms with van der Waals surface area (Å²) in [7, 11) is 1.35. The number of nitrogens with zero attached hydrogens (tertiary/aromatic N) is 1. The van der Waals surface area contributed by atoms with Gasteiger partial charge in [0.25, 0.3) is 0 Å². The van der Waals surface area contributed by atoms with Crippen molar-refractivity contribution in [2.24, 2.45) is 0 Å². The summed E-state index contributed by atoms with van der Waals surface area (Å²) in [6.07, 6.45) is 0.419. The van der Waals surface area contributed by atoms with E-state index in [2.05, 4.69) is 16.1 Å². The van der Waals surface area contributed by atoms with E-state index >= 15 is 0 Å². The molecule has 0 saturated carbocycles. The number of hydrogen-bond acceptors (Lipinski definition) is 4. The monoisotopic (exact) mass is 218 g/mol.